The second kappa shape index (κ2) is 12.9. The van der Waals surface area contributed by atoms with Gasteiger partial charge in [0, 0.05) is 31.8 Å². The minimum Gasteiger partial charge on any atom is -0.480 e. The number of esters is 1. The molecule has 4 aliphatic carbocycles. The van der Waals surface area contributed by atoms with Crippen LogP contribution in [0, 0.1) is 28.6 Å². The SMILES string of the molecule is C[C@]12CC[C@H](OC(=O)CCC(=O)N(CCc3ccccc3)CC(=O)O)CC1=CC[C@@H]1C2CC[C@]2(C)C(c3cccnc3)=CCC12. The molecule has 1 aromatic carbocycles. The van der Waals surface area contributed by atoms with Crippen LogP contribution in [0.4, 0.5) is 0 Å². The number of aliphatic carboxylic acids is 1. The third kappa shape index (κ3) is 6.36. The molecule has 6 rings (SSSR count). The average Bonchev–Trinajstić information content (AvgIpc) is 3.40. The molecule has 1 aromatic heterocycles. The van der Waals surface area contributed by atoms with Gasteiger partial charge in [0.1, 0.15) is 12.6 Å². The Kier molecular flexibility index (Phi) is 8.98. The van der Waals surface area contributed by atoms with Crippen LogP contribution in [-0.2, 0) is 25.5 Å². The lowest BCUT2D eigenvalue weighted by Gasteiger charge is -2.57. The molecule has 2 fully saturated rings. The monoisotopic (exact) mass is 610 g/mol. The molecule has 238 valence electrons. The predicted octanol–water partition coefficient (Wildman–Crippen LogP) is 6.89. The molecule has 4 aliphatic rings. The average molecular weight is 611 g/mol. The number of pyridine rings is 1. The third-order valence-corrected chi connectivity index (χ3v) is 11.6. The molecule has 6 atom stereocenters. The first-order valence-electron chi connectivity index (χ1n) is 16.7. The number of rotatable bonds is 10. The molecule has 7 nitrogen and oxygen atoms in total. The van der Waals surface area contributed by atoms with Crippen LogP contribution in [0.3, 0.4) is 0 Å². The van der Waals surface area contributed by atoms with Crippen LogP contribution in [0.15, 0.2) is 72.6 Å². The molecule has 0 saturated heterocycles. The van der Waals surface area contributed by atoms with Crippen molar-refractivity contribution in [1.82, 2.24) is 9.88 Å². The van der Waals surface area contributed by atoms with Gasteiger partial charge in [-0.15, -0.1) is 0 Å². The number of carboxylic acids is 1. The molecule has 1 N–H and O–H groups in total. The van der Waals surface area contributed by atoms with Crippen molar-refractivity contribution in [3.63, 3.8) is 0 Å². The molecule has 1 heterocycles. The Morgan fingerprint density at radius 3 is 2.51 bits per heavy atom. The summed E-state index contributed by atoms with van der Waals surface area (Å²) in [6.07, 6.45) is 16.4. The van der Waals surface area contributed by atoms with Gasteiger partial charge >= 0.3 is 11.9 Å². The van der Waals surface area contributed by atoms with Gasteiger partial charge in [-0.25, -0.2) is 0 Å². The molecule has 1 amide bonds. The van der Waals surface area contributed by atoms with Gasteiger partial charge < -0.3 is 14.7 Å². The number of hydrogen-bond donors (Lipinski definition) is 1. The number of fused-ring (bicyclic) bond motifs is 5. The van der Waals surface area contributed by atoms with Crippen LogP contribution in [0.25, 0.3) is 5.57 Å². The highest BCUT2D eigenvalue weighted by molar-refractivity contribution is 5.84. The van der Waals surface area contributed by atoms with E-state index in [4.69, 9.17) is 4.74 Å². The number of allylic oxidation sites excluding steroid dienone is 3. The smallest absolute Gasteiger partial charge is 0.323 e. The second-order valence-corrected chi connectivity index (χ2v) is 14.1. The van der Waals surface area contributed by atoms with Gasteiger partial charge in [0.05, 0.1) is 6.42 Å². The van der Waals surface area contributed by atoms with Crippen LogP contribution in [0.5, 0.6) is 0 Å². The third-order valence-electron chi connectivity index (χ3n) is 11.6. The molecule has 45 heavy (non-hydrogen) atoms. The van der Waals surface area contributed by atoms with Gasteiger partial charge in [-0.05, 0) is 96.3 Å². The summed E-state index contributed by atoms with van der Waals surface area (Å²) in [4.78, 5) is 42.9. The fourth-order valence-electron chi connectivity index (χ4n) is 9.24. The standard InChI is InChI=1S/C38H46N2O5/c1-37-19-16-29(45-36(44)15-14-34(41)40(25-35(42)43)22-18-26-7-4-3-5-8-26)23-28(37)10-11-30-32-13-12-31(27-9-6-21-39-24-27)38(32,2)20-17-33(30)37/h3-10,12,21,24,29-30,32-33H,11,13-20,22-23,25H2,1-2H3,(H,42,43)/t29-,30-,32?,33?,37-,38+/m0/s1. The van der Waals surface area contributed by atoms with Crippen molar-refractivity contribution in [2.75, 3.05) is 13.1 Å². The molecule has 0 spiro atoms. The van der Waals surface area contributed by atoms with E-state index in [9.17, 15) is 19.5 Å². The van der Waals surface area contributed by atoms with Gasteiger partial charge in [-0.1, -0.05) is 68.0 Å². The molecular weight excluding hydrogens is 564 g/mol. The number of amides is 1. The fourth-order valence-corrected chi connectivity index (χ4v) is 9.24. The second-order valence-electron chi connectivity index (χ2n) is 14.1. The molecule has 0 bridgehead atoms. The molecule has 0 radical (unpaired) electrons. The number of nitrogens with zero attached hydrogens (tertiary/aromatic N) is 2. The minimum absolute atomic E-state index is 0.0374. The van der Waals surface area contributed by atoms with Crippen LogP contribution < -0.4 is 0 Å². The van der Waals surface area contributed by atoms with E-state index in [1.807, 2.05) is 48.8 Å². The first-order valence-corrected chi connectivity index (χ1v) is 16.7. The fraction of sp³-hybridized carbons (Fsp3) is 0.526. The Hall–Kier alpha value is -3.74. The van der Waals surface area contributed by atoms with Gasteiger partial charge in [0.15, 0.2) is 0 Å². The van der Waals surface area contributed by atoms with Crippen LogP contribution in [-0.4, -0.2) is 52.0 Å². The van der Waals surface area contributed by atoms with E-state index < -0.39 is 5.97 Å². The van der Waals surface area contributed by atoms with Gasteiger partial charge in [0.2, 0.25) is 5.91 Å². The van der Waals surface area contributed by atoms with Crippen LogP contribution in [0.2, 0.25) is 0 Å². The zero-order valence-electron chi connectivity index (χ0n) is 26.6. The van der Waals surface area contributed by atoms with Gasteiger partial charge in [-0.2, -0.15) is 0 Å². The van der Waals surface area contributed by atoms with Crippen molar-refractivity contribution in [3.05, 3.63) is 83.7 Å². The number of benzene rings is 1. The van der Waals surface area contributed by atoms with E-state index >= 15 is 0 Å². The van der Waals surface area contributed by atoms with Gasteiger partial charge in [-0.3, -0.25) is 19.4 Å². The van der Waals surface area contributed by atoms with Gasteiger partial charge in [0.25, 0.3) is 0 Å². The van der Waals surface area contributed by atoms with E-state index in [0.29, 0.717) is 30.7 Å². The van der Waals surface area contributed by atoms with Crippen molar-refractivity contribution in [3.8, 4) is 0 Å². The maximum absolute atomic E-state index is 12.9. The first-order chi connectivity index (χ1) is 21.7. The number of ether oxygens (including phenoxy) is 1. The highest BCUT2D eigenvalue weighted by Gasteiger charge is 2.57. The molecule has 2 saturated carbocycles. The summed E-state index contributed by atoms with van der Waals surface area (Å²) in [5.41, 5.74) is 5.55. The van der Waals surface area contributed by atoms with Crippen molar-refractivity contribution in [1.29, 1.82) is 0 Å². The molecule has 0 aliphatic heterocycles. The number of aromatic nitrogens is 1. The van der Waals surface area contributed by atoms with Crippen LogP contribution >= 0.6 is 0 Å². The van der Waals surface area contributed by atoms with Crippen molar-refractivity contribution in [2.24, 2.45) is 28.6 Å². The summed E-state index contributed by atoms with van der Waals surface area (Å²) in [6.45, 7) is 4.85. The van der Waals surface area contributed by atoms with Crippen molar-refractivity contribution >= 4 is 23.4 Å². The topological polar surface area (TPSA) is 96.8 Å². The lowest BCUT2D eigenvalue weighted by Crippen LogP contribution is -2.50. The summed E-state index contributed by atoms with van der Waals surface area (Å²) < 4.78 is 5.93. The maximum atomic E-state index is 12.9. The summed E-state index contributed by atoms with van der Waals surface area (Å²) in [6, 6.07) is 13.9. The number of carbonyl (C=O) groups is 3. The molecule has 2 aromatic rings. The predicted molar refractivity (Wildman–Crippen MR) is 173 cm³/mol. The molecule has 7 heteroatoms. The van der Waals surface area contributed by atoms with E-state index in [1.54, 1.807) is 0 Å². The zero-order valence-corrected chi connectivity index (χ0v) is 26.6. The number of hydrogen-bond acceptors (Lipinski definition) is 5. The normalized spacial score (nSPS) is 30.2. The Morgan fingerprint density at radius 1 is 0.956 bits per heavy atom. The zero-order chi connectivity index (χ0) is 31.6. The van der Waals surface area contributed by atoms with Crippen molar-refractivity contribution < 1.29 is 24.2 Å². The molecular formula is C38H46N2O5. The van der Waals surface area contributed by atoms with E-state index in [0.717, 1.165) is 37.7 Å². The van der Waals surface area contributed by atoms with Crippen molar-refractivity contribution in [2.45, 2.75) is 84.2 Å². The van der Waals surface area contributed by atoms with E-state index in [1.165, 1.54) is 34.5 Å². The highest BCUT2D eigenvalue weighted by atomic mass is 16.5. The Balaban J connectivity index is 1.03. The lowest BCUT2D eigenvalue weighted by molar-refractivity contribution is -0.153. The Bertz CT molecular complexity index is 1470. The van der Waals surface area contributed by atoms with E-state index in [2.05, 4.69) is 37.0 Å². The lowest BCUT2D eigenvalue weighted by atomic mass is 9.47. The number of carbonyl (C=O) groups excluding carboxylic acids is 2. The minimum atomic E-state index is -1.06. The summed E-state index contributed by atoms with van der Waals surface area (Å²) in [5, 5.41) is 9.33. The maximum Gasteiger partial charge on any atom is 0.323 e. The Labute approximate surface area is 266 Å². The van der Waals surface area contributed by atoms with E-state index in [-0.39, 0.29) is 48.2 Å². The van der Waals surface area contributed by atoms with Crippen LogP contribution in [0.1, 0.15) is 82.8 Å². The molecule has 2 unspecified atom stereocenters. The number of carboxylic acid groups (broad SMARTS) is 1. The Morgan fingerprint density at radius 2 is 1.76 bits per heavy atom. The summed E-state index contributed by atoms with van der Waals surface area (Å²) in [7, 11) is 0. The quantitative estimate of drug-likeness (QED) is 0.233. The largest absolute Gasteiger partial charge is 0.480 e. The highest BCUT2D eigenvalue weighted by Crippen LogP contribution is 2.66. The summed E-state index contributed by atoms with van der Waals surface area (Å²) in [5.74, 6) is 0.166. The summed E-state index contributed by atoms with van der Waals surface area (Å²) >= 11 is 0. The first kappa shape index (κ1) is 31.3.